The highest BCUT2D eigenvalue weighted by Crippen LogP contribution is 2.22. The third-order valence-electron chi connectivity index (χ3n) is 3.21. The van der Waals surface area contributed by atoms with Gasteiger partial charge >= 0.3 is 0 Å². The highest BCUT2D eigenvalue weighted by atomic mass is 32.2. The molecule has 1 aliphatic rings. The van der Waals surface area contributed by atoms with E-state index in [0.717, 1.165) is 0 Å². The van der Waals surface area contributed by atoms with Crippen LogP contribution in [-0.4, -0.2) is 44.0 Å². The molecule has 0 spiro atoms. The van der Waals surface area contributed by atoms with Crippen LogP contribution < -0.4 is 10.6 Å². The number of nitro benzene ring substituents is 1. The molecular formula is C12H17N3O4S. The molecule has 1 saturated heterocycles. The molecule has 110 valence electrons. The van der Waals surface area contributed by atoms with E-state index in [1.807, 2.05) is 0 Å². The van der Waals surface area contributed by atoms with Crippen LogP contribution >= 0.6 is 0 Å². The number of para-hydroxylation sites is 2. The fourth-order valence-electron chi connectivity index (χ4n) is 2.21. The van der Waals surface area contributed by atoms with E-state index in [4.69, 9.17) is 0 Å². The molecule has 1 aromatic carbocycles. The zero-order valence-electron chi connectivity index (χ0n) is 10.9. The van der Waals surface area contributed by atoms with Crippen molar-refractivity contribution in [2.24, 2.45) is 0 Å². The number of nitrogens with one attached hydrogen (secondary N) is 2. The average Bonchev–Trinajstić information content (AvgIpc) is 2.74. The summed E-state index contributed by atoms with van der Waals surface area (Å²) in [7, 11) is -2.87. The third-order valence-corrected chi connectivity index (χ3v) is 4.97. The zero-order valence-corrected chi connectivity index (χ0v) is 11.7. The van der Waals surface area contributed by atoms with Gasteiger partial charge in [0.25, 0.3) is 5.69 Å². The number of nitro groups is 1. The summed E-state index contributed by atoms with van der Waals surface area (Å²) in [4.78, 5) is 10.4. The van der Waals surface area contributed by atoms with Crippen molar-refractivity contribution < 1.29 is 13.3 Å². The van der Waals surface area contributed by atoms with Crippen molar-refractivity contribution in [3.63, 3.8) is 0 Å². The number of hydrogen-bond donors (Lipinski definition) is 2. The molecule has 1 aliphatic heterocycles. The minimum Gasteiger partial charge on any atom is -0.378 e. The Morgan fingerprint density at radius 2 is 2.05 bits per heavy atom. The molecule has 8 heteroatoms. The molecule has 2 N–H and O–H groups in total. The van der Waals surface area contributed by atoms with E-state index in [1.54, 1.807) is 18.2 Å². The SMILES string of the molecule is O=[N+]([O-])c1ccccc1NCCNC1CCS(=O)(=O)C1. The van der Waals surface area contributed by atoms with Gasteiger partial charge in [-0.05, 0) is 12.5 Å². The van der Waals surface area contributed by atoms with Crippen LogP contribution in [0.5, 0.6) is 0 Å². The molecule has 0 aliphatic carbocycles. The van der Waals surface area contributed by atoms with Crippen molar-refractivity contribution in [2.75, 3.05) is 29.9 Å². The number of nitrogens with zero attached hydrogens (tertiary/aromatic N) is 1. The Bertz CT molecular complexity index is 588. The largest absolute Gasteiger partial charge is 0.378 e. The molecule has 1 aromatic rings. The second-order valence-electron chi connectivity index (χ2n) is 4.76. The lowest BCUT2D eigenvalue weighted by atomic mass is 10.2. The maximum atomic E-state index is 11.3. The molecule has 20 heavy (non-hydrogen) atoms. The highest BCUT2D eigenvalue weighted by molar-refractivity contribution is 7.91. The first-order valence-electron chi connectivity index (χ1n) is 6.39. The maximum Gasteiger partial charge on any atom is 0.292 e. The Labute approximate surface area is 117 Å². The lowest BCUT2D eigenvalue weighted by Crippen LogP contribution is -2.33. The van der Waals surface area contributed by atoms with Crippen LogP contribution in [0.15, 0.2) is 24.3 Å². The summed E-state index contributed by atoms with van der Waals surface area (Å²) < 4.78 is 22.6. The smallest absolute Gasteiger partial charge is 0.292 e. The Balaban J connectivity index is 1.78. The van der Waals surface area contributed by atoms with E-state index in [9.17, 15) is 18.5 Å². The van der Waals surface area contributed by atoms with Gasteiger partial charge in [0.1, 0.15) is 5.69 Å². The fourth-order valence-corrected chi connectivity index (χ4v) is 3.92. The van der Waals surface area contributed by atoms with Gasteiger partial charge in [0.05, 0.1) is 16.4 Å². The van der Waals surface area contributed by atoms with E-state index in [2.05, 4.69) is 10.6 Å². The van der Waals surface area contributed by atoms with E-state index in [0.29, 0.717) is 25.2 Å². The number of sulfone groups is 1. The Hall–Kier alpha value is -1.67. The van der Waals surface area contributed by atoms with Gasteiger partial charge in [0, 0.05) is 25.2 Å². The second-order valence-corrected chi connectivity index (χ2v) is 6.98. The molecule has 0 bridgehead atoms. The topological polar surface area (TPSA) is 101 Å². The van der Waals surface area contributed by atoms with Crippen molar-refractivity contribution in [1.29, 1.82) is 0 Å². The summed E-state index contributed by atoms with van der Waals surface area (Å²) in [6.45, 7) is 1.06. The van der Waals surface area contributed by atoms with Crippen molar-refractivity contribution in [1.82, 2.24) is 5.32 Å². The second kappa shape index (κ2) is 6.19. The summed E-state index contributed by atoms with van der Waals surface area (Å²) in [5.74, 6) is 0.417. The Morgan fingerprint density at radius 1 is 1.30 bits per heavy atom. The monoisotopic (exact) mass is 299 g/mol. The van der Waals surface area contributed by atoms with Crippen LogP contribution in [0.25, 0.3) is 0 Å². The molecule has 0 aromatic heterocycles. The van der Waals surface area contributed by atoms with Crippen molar-refractivity contribution in [3.05, 3.63) is 34.4 Å². The molecule has 1 atom stereocenters. The molecule has 0 radical (unpaired) electrons. The van der Waals surface area contributed by atoms with Crippen LogP contribution in [0.1, 0.15) is 6.42 Å². The van der Waals surface area contributed by atoms with Gasteiger partial charge in [-0.15, -0.1) is 0 Å². The van der Waals surface area contributed by atoms with Crippen LogP contribution in [0.3, 0.4) is 0 Å². The van der Waals surface area contributed by atoms with Gasteiger partial charge in [0.2, 0.25) is 0 Å². The maximum absolute atomic E-state index is 11.3. The molecule has 1 heterocycles. The molecule has 0 amide bonds. The lowest BCUT2D eigenvalue weighted by Gasteiger charge is -2.11. The summed E-state index contributed by atoms with van der Waals surface area (Å²) >= 11 is 0. The van der Waals surface area contributed by atoms with E-state index in [-0.39, 0.29) is 23.2 Å². The Kier molecular flexibility index (Phi) is 4.56. The normalized spacial score (nSPS) is 20.7. The predicted molar refractivity (Wildman–Crippen MR) is 76.6 cm³/mol. The summed E-state index contributed by atoms with van der Waals surface area (Å²) in [5.41, 5.74) is 0.509. The van der Waals surface area contributed by atoms with E-state index in [1.165, 1.54) is 6.07 Å². The predicted octanol–water partition coefficient (Wildman–Crippen LogP) is 0.783. The van der Waals surface area contributed by atoms with Gasteiger partial charge in [-0.2, -0.15) is 0 Å². The van der Waals surface area contributed by atoms with Crippen LogP contribution in [-0.2, 0) is 9.84 Å². The first-order chi connectivity index (χ1) is 9.48. The van der Waals surface area contributed by atoms with Crippen molar-refractivity contribution >= 4 is 21.2 Å². The number of benzene rings is 1. The number of hydrogen-bond acceptors (Lipinski definition) is 6. The molecule has 1 fully saturated rings. The molecule has 0 saturated carbocycles. The standard InChI is InChI=1S/C12H17N3O4S/c16-15(17)12-4-2-1-3-11(12)14-7-6-13-10-5-8-20(18,19)9-10/h1-4,10,13-14H,5-9H2. The summed E-state index contributed by atoms with van der Waals surface area (Å²) in [6, 6.07) is 6.43. The average molecular weight is 299 g/mol. The first-order valence-corrected chi connectivity index (χ1v) is 8.21. The quantitative estimate of drug-likeness (QED) is 0.457. The van der Waals surface area contributed by atoms with Gasteiger partial charge in [-0.1, -0.05) is 12.1 Å². The van der Waals surface area contributed by atoms with Gasteiger partial charge in [-0.3, -0.25) is 10.1 Å². The minimum atomic E-state index is -2.87. The fraction of sp³-hybridized carbons (Fsp3) is 0.500. The van der Waals surface area contributed by atoms with E-state index < -0.39 is 14.8 Å². The van der Waals surface area contributed by atoms with E-state index >= 15 is 0 Å². The Morgan fingerprint density at radius 3 is 2.70 bits per heavy atom. The van der Waals surface area contributed by atoms with Gasteiger partial charge in [0.15, 0.2) is 9.84 Å². The molecular weight excluding hydrogens is 282 g/mol. The van der Waals surface area contributed by atoms with Gasteiger partial charge in [-0.25, -0.2) is 8.42 Å². The lowest BCUT2D eigenvalue weighted by molar-refractivity contribution is -0.384. The minimum absolute atomic E-state index is 0.00689. The first kappa shape index (κ1) is 14.7. The van der Waals surface area contributed by atoms with Crippen LogP contribution in [0, 0.1) is 10.1 Å². The van der Waals surface area contributed by atoms with Gasteiger partial charge < -0.3 is 10.6 Å². The third kappa shape index (κ3) is 3.91. The summed E-state index contributed by atoms with van der Waals surface area (Å²) in [5, 5.41) is 16.9. The van der Waals surface area contributed by atoms with Crippen molar-refractivity contribution in [3.8, 4) is 0 Å². The number of anilines is 1. The molecule has 2 rings (SSSR count). The van der Waals surface area contributed by atoms with Crippen LogP contribution in [0.4, 0.5) is 11.4 Å². The van der Waals surface area contributed by atoms with Crippen LogP contribution in [0.2, 0.25) is 0 Å². The molecule has 1 unspecified atom stereocenters. The van der Waals surface area contributed by atoms with Crippen molar-refractivity contribution in [2.45, 2.75) is 12.5 Å². The highest BCUT2D eigenvalue weighted by Gasteiger charge is 2.27. The summed E-state index contributed by atoms with van der Waals surface area (Å²) in [6.07, 6.45) is 0.633. The zero-order chi connectivity index (χ0) is 14.6. The number of rotatable bonds is 6. The molecule has 7 nitrogen and oxygen atoms in total.